The van der Waals surface area contributed by atoms with Gasteiger partial charge in [0.1, 0.15) is 5.60 Å². The van der Waals surface area contributed by atoms with Crippen LogP contribution in [0.15, 0.2) is 23.2 Å². The molecule has 0 aromatic rings. The molecule has 0 aromatic heterocycles. The van der Waals surface area contributed by atoms with E-state index in [0.29, 0.717) is 23.7 Å². The number of epoxide rings is 1. The van der Waals surface area contributed by atoms with Gasteiger partial charge < -0.3 is 24.4 Å². The van der Waals surface area contributed by atoms with Gasteiger partial charge in [-0.3, -0.25) is 0 Å². The zero-order valence-electron chi connectivity index (χ0n) is 18.2. The van der Waals surface area contributed by atoms with E-state index in [1.165, 1.54) is 12.0 Å². The number of fused-ring (bicyclic) bond motifs is 7. The highest BCUT2D eigenvalue weighted by atomic mass is 16.7. The van der Waals surface area contributed by atoms with E-state index in [0.717, 1.165) is 44.1 Å². The van der Waals surface area contributed by atoms with Crippen LogP contribution in [-0.2, 0) is 14.2 Å². The van der Waals surface area contributed by atoms with Gasteiger partial charge in [-0.1, -0.05) is 25.5 Å². The molecule has 4 fully saturated rings. The van der Waals surface area contributed by atoms with Gasteiger partial charge in [-0.15, -0.1) is 0 Å². The second kappa shape index (κ2) is 6.48. The van der Waals surface area contributed by atoms with E-state index in [2.05, 4.69) is 19.9 Å². The summed E-state index contributed by atoms with van der Waals surface area (Å²) in [6, 6.07) is 0. The summed E-state index contributed by atoms with van der Waals surface area (Å²) in [6.45, 7) is 4.74. The van der Waals surface area contributed by atoms with Crippen LogP contribution in [0.2, 0.25) is 0 Å². The van der Waals surface area contributed by atoms with E-state index in [9.17, 15) is 10.2 Å². The summed E-state index contributed by atoms with van der Waals surface area (Å²) in [5.41, 5.74) is 2.09. The van der Waals surface area contributed by atoms with E-state index >= 15 is 0 Å². The van der Waals surface area contributed by atoms with Gasteiger partial charge in [0.25, 0.3) is 5.95 Å². The molecule has 5 aliphatic rings. The molecule has 3 saturated carbocycles. The van der Waals surface area contributed by atoms with E-state index in [1.54, 1.807) is 14.2 Å². The van der Waals surface area contributed by atoms with Gasteiger partial charge in [-0.05, 0) is 68.1 Å². The summed E-state index contributed by atoms with van der Waals surface area (Å²) < 4.78 is 17.3. The quantitative estimate of drug-likeness (QED) is 0.426. The summed E-state index contributed by atoms with van der Waals surface area (Å²) in [6.07, 6.45) is 9.82. The van der Waals surface area contributed by atoms with Crippen molar-refractivity contribution in [2.24, 2.45) is 28.6 Å². The number of aliphatic hydroxyl groups excluding tert-OH is 2. The predicted molar refractivity (Wildman–Crippen MR) is 109 cm³/mol. The Morgan fingerprint density at radius 3 is 2.62 bits per heavy atom. The second-order valence-electron chi connectivity index (χ2n) is 10.5. The molecule has 29 heavy (non-hydrogen) atoms. The number of aliphatic hydroxyl groups is 2. The lowest BCUT2D eigenvalue weighted by molar-refractivity contribution is -0.0791. The van der Waals surface area contributed by atoms with Crippen LogP contribution in [0, 0.1) is 28.6 Å². The molecule has 0 spiro atoms. The smallest absolute Gasteiger partial charge is 0.283 e. The molecule has 0 radical (unpaired) electrons. The normalized spacial score (nSPS) is 49.7. The fraction of sp³-hybridized carbons (Fsp3) is 0.833. The number of methoxy groups -OCH3 is 2. The van der Waals surface area contributed by atoms with E-state index in [1.807, 2.05) is 0 Å². The Labute approximate surface area is 174 Å². The van der Waals surface area contributed by atoms with Crippen LogP contribution in [0.3, 0.4) is 0 Å². The first-order valence-corrected chi connectivity index (χ1v) is 11.3. The topological polar surface area (TPSA) is 71.5 Å². The highest BCUT2D eigenvalue weighted by molar-refractivity contribution is 5.40. The molecule has 8 atom stereocenters. The SMILES string of the molecule is COC(OC)=C(CO)[C@@]12O[C@@H]1C[C@@H]1[C@@H]3CC=C4C[C@@H](O)CC[C@]4(C)[C@@H]3CC[C@@]12C. The van der Waals surface area contributed by atoms with Crippen LogP contribution in [0.25, 0.3) is 0 Å². The van der Waals surface area contributed by atoms with E-state index in [4.69, 9.17) is 14.2 Å². The Morgan fingerprint density at radius 2 is 1.93 bits per heavy atom. The third-order valence-electron chi connectivity index (χ3n) is 9.73. The van der Waals surface area contributed by atoms with Crippen molar-refractivity contribution >= 4 is 0 Å². The summed E-state index contributed by atoms with van der Waals surface area (Å²) in [7, 11) is 3.19. The molecule has 0 amide bonds. The molecule has 5 nitrogen and oxygen atoms in total. The molecule has 1 aliphatic heterocycles. The van der Waals surface area contributed by atoms with Crippen LogP contribution in [0.4, 0.5) is 0 Å². The molecule has 0 aromatic carbocycles. The van der Waals surface area contributed by atoms with Crippen molar-refractivity contribution in [3.05, 3.63) is 23.2 Å². The molecule has 5 rings (SSSR count). The van der Waals surface area contributed by atoms with E-state index < -0.39 is 5.60 Å². The van der Waals surface area contributed by atoms with Gasteiger partial charge in [0.2, 0.25) is 0 Å². The lowest BCUT2D eigenvalue weighted by atomic mass is 9.47. The van der Waals surface area contributed by atoms with Gasteiger partial charge in [0.15, 0.2) is 0 Å². The first-order chi connectivity index (χ1) is 13.9. The van der Waals surface area contributed by atoms with Crippen molar-refractivity contribution in [3.8, 4) is 0 Å². The Bertz CT molecular complexity index is 752. The lowest BCUT2D eigenvalue weighted by Crippen LogP contribution is -2.53. The monoisotopic (exact) mass is 404 g/mol. The Kier molecular flexibility index (Phi) is 4.44. The second-order valence-corrected chi connectivity index (χ2v) is 10.5. The molecule has 0 unspecified atom stereocenters. The minimum absolute atomic E-state index is 0.00487. The van der Waals surface area contributed by atoms with Gasteiger partial charge >= 0.3 is 0 Å². The average Bonchev–Trinajstić information content (AvgIpc) is 3.37. The van der Waals surface area contributed by atoms with Gasteiger partial charge in [0, 0.05) is 5.41 Å². The minimum Gasteiger partial charge on any atom is -0.469 e. The molecule has 0 bridgehead atoms. The van der Waals surface area contributed by atoms with Crippen LogP contribution in [0.5, 0.6) is 0 Å². The van der Waals surface area contributed by atoms with Crippen molar-refractivity contribution in [3.63, 3.8) is 0 Å². The van der Waals surface area contributed by atoms with Gasteiger partial charge in [-0.2, -0.15) is 0 Å². The molecular weight excluding hydrogens is 368 g/mol. The first-order valence-electron chi connectivity index (χ1n) is 11.3. The van der Waals surface area contributed by atoms with Crippen molar-refractivity contribution < 1.29 is 24.4 Å². The van der Waals surface area contributed by atoms with Crippen molar-refractivity contribution in [1.82, 2.24) is 0 Å². The van der Waals surface area contributed by atoms with Crippen LogP contribution >= 0.6 is 0 Å². The zero-order chi connectivity index (χ0) is 20.6. The summed E-state index contributed by atoms with van der Waals surface area (Å²) in [5.74, 6) is 2.34. The first kappa shape index (κ1) is 19.9. The maximum Gasteiger partial charge on any atom is 0.283 e. The van der Waals surface area contributed by atoms with Crippen molar-refractivity contribution in [1.29, 1.82) is 0 Å². The third kappa shape index (κ3) is 2.38. The molecular formula is C24H36O5. The Morgan fingerprint density at radius 1 is 1.17 bits per heavy atom. The van der Waals surface area contributed by atoms with Crippen LogP contribution in [0.1, 0.15) is 58.8 Å². The van der Waals surface area contributed by atoms with Crippen LogP contribution < -0.4 is 0 Å². The lowest BCUT2D eigenvalue weighted by Gasteiger charge is -2.58. The standard InChI is InChI=1S/C24H36O5/c1-22-9-7-15(26)11-14(22)5-6-16-17(22)8-10-23(2)18(16)12-20-24(23,29-20)19(13-25)21(27-3)28-4/h5,15-18,20,25-26H,6-13H2,1-4H3/t15-,16+,17+,18+,20+,22-,23-,24+/m0/s1. The fourth-order valence-electron chi connectivity index (χ4n) is 8.27. The molecule has 1 saturated heterocycles. The largest absolute Gasteiger partial charge is 0.469 e. The summed E-state index contributed by atoms with van der Waals surface area (Å²) >= 11 is 0. The highest BCUT2D eigenvalue weighted by Gasteiger charge is 2.79. The average molecular weight is 405 g/mol. The number of hydrogen-bond donors (Lipinski definition) is 2. The van der Waals surface area contributed by atoms with Gasteiger partial charge in [0.05, 0.1) is 38.6 Å². The number of hydrogen-bond acceptors (Lipinski definition) is 5. The summed E-state index contributed by atoms with van der Waals surface area (Å²) in [4.78, 5) is 0. The zero-order valence-corrected chi connectivity index (χ0v) is 18.2. The minimum atomic E-state index is -0.438. The maximum atomic E-state index is 10.2. The number of rotatable bonds is 4. The Balaban J connectivity index is 1.51. The Hall–Kier alpha value is -1.04. The maximum absolute atomic E-state index is 10.2. The number of allylic oxidation sites excluding steroid dienone is 1. The molecule has 2 N–H and O–H groups in total. The van der Waals surface area contributed by atoms with Crippen molar-refractivity contribution in [2.45, 2.75) is 76.6 Å². The van der Waals surface area contributed by atoms with Crippen molar-refractivity contribution in [2.75, 3.05) is 20.8 Å². The highest BCUT2D eigenvalue weighted by Crippen LogP contribution is 2.75. The predicted octanol–water partition coefficient (Wildman–Crippen LogP) is 3.55. The van der Waals surface area contributed by atoms with Crippen LogP contribution in [-0.4, -0.2) is 48.8 Å². The molecule has 162 valence electrons. The van der Waals surface area contributed by atoms with E-state index in [-0.39, 0.29) is 29.6 Å². The molecule has 1 heterocycles. The molecule has 5 heteroatoms. The fourth-order valence-corrected chi connectivity index (χ4v) is 8.27. The molecule has 4 aliphatic carbocycles. The van der Waals surface area contributed by atoms with Gasteiger partial charge in [-0.25, -0.2) is 0 Å². The summed E-state index contributed by atoms with van der Waals surface area (Å²) in [5, 5.41) is 20.4. The third-order valence-corrected chi connectivity index (χ3v) is 9.73. The number of ether oxygens (including phenoxy) is 3.